The molecule has 0 atom stereocenters. The molecule has 0 saturated heterocycles. The summed E-state index contributed by atoms with van der Waals surface area (Å²) in [4.78, 5) is 1.47. The predicted octanol–water partition coefficient (Wildman–Crippen LogP) is 4.53. The Kier molecular flexibility index (Phi) is 2.69. The maximum Gasteiger partial charge on any atom is 0.0208 e. The van der Waals surface area contributed by atoms with Crippen molar-refractivity contribution in [3.05, 3.63) is 27.7 Å². The van der Waals surface area contributed by atoms with Gasteiger partial charge < -0.3 is 0 Å². The van der Waals surface area contributed by atoms with Crippen molar-refractivity contribution in [1.82, 2.24) is 0 Å². The second kappa shape index (κ2) is 3.57. The Labute approximate surface area is 98.6 Å². The average molecular weight is 271 g/mol. The minimum atomic E-state index is 0.344. The molecule has 14 heavy (non-hydrogen) atoms. The summed E-state index contributed by atoms with van der Waals surface area (Å²) in [5, 5.41) is 0. The van der Waals surface area contributed by atoms with Crippen molar-refractivity contribution < 1.29 is 0 Å². The number of fused-ring (bicyclic) bond motifs is 1. The summed E-state index contributed by atoms with van der Waals surface area (Å²) >= 11 is 5.61. The first-order chi connectivity index (χ1) is 6.50. The minimum Gasteiger partial charge on any atom is -0.126 e. The Balaban J connectivity index is 2.59. The highest BCUT2D eigenvalue weighted by molar-refractivity contribution is 9.10. The Hall–Kier alpha value is 0.0500. The number of aryl methyl sites for hydroxylation is 1. The van der Waals surface area contributed by atoms with Gasteiger partial charge in [0, 0.05) is 9.37 Å². The molecule has 0 radical (unpaired) electrons. The summed E-state index contributed by atoms with van der Waals surface area (Å²) in [6.07, 6.45) is 1.28. The molecular weight excluding hydrogens is 256 g/mol. The second-order valence-corrected chi connectivity index (χ2v) is 6.57. The normalized spacial score (nSPS) is 19.1. The van der Waals surface area contributed by atoms with Gasteiger partial charge in [0.05, 0.1) is 0 Å². The van der Waals surface area contributed by atoms with E-state index >= 15 is 0 Å². The standard InChI is InChI=1S/C12H15BrS/c1-8-6-11-9(7-10(8)13)12(2,3)4-5-14-11/h6-7H,4-5H2,1-3H3. The maximum atomic E-state index is 3.62. The molecule has 1 aliphatic heterocycles. The van der Waals surface area contributed by atoms with Crippen LogP contribution in [0.15, 0.2) is 21.5 Å². The van der Waals surface area contributed by atoms with E-state index in [2.05, 4.69) is 48.8 Å². The average Bonchev–Trinajstić information content (AvgIpc) is 2.08. The molecule has 2 heteroatoms. The van der Waals surface area contributed by atoms with Gasteiger partial charge in [0.2, 0.25) is 0 Å². The maximum absolute atomic E-state index is 3.62. The molecule has 1 aliphatic rings. The number of hydrogen-bond donors (Lipinski definition) is 0. The lowest BCUT2D eigenvalue weighted by Gasteiger charge is -2.32. The number of thioether (sulfide) groups is 1. The lowest BCUT2D eigenvalue weighted by Crippen LogP contribution is -2.22. The van der Waals surface area contributed by atoms with Crippen LogP contribution in [0.5, 0.6) is 0 Å². The fourth-order valence-corrected chi connectivity index (χ4v) is 3.78. The Morgan fingerprint density at radius 2 is 2.07 bits per heavy atom. The molecule has 0 N–H and O–H groups in total. The number of benzene rings is 1. The van der Waals surface area contributed by atoms with Crippen LogP contribution in [-0.4, -0.2) is 5.75 Å². The van der Waals surface area contributed by atoms with Crippen molar-refractivity contribution in [1.29, 1.82) is 0 Å². The number of hydrogen-bond acceptors (Lipinski definition) is 1. The summed E-state index contributed by atoms with van der Waals surface area (Å²) in [7, 11) is 0. The Morgan fingerprint density at radius 3 is 2.79 bits per heavy atom. The summed E-state index contributed by atoms with van der Waals surface area (Å²) in [5.41, 5.74) is 3.19. The van der Waals surface area contributed by atoms with Gasteiger partial charge in [0.25, 0.3) is 0 Å². The fourth-order valence-electron chi connectivity index (χ4n) is 1.85. The highest BCUT2D eigenvalue weighted by atomic mass is 79.9. The molecule has 0 aromatic heterocycles. The van der Waals surface area contributed by atoms with Crippen molar-refractivity contribution >= 4 is 27.7 Å². The fraction of sp³-hybridized carbons (Fsp3) is 0.500. The molecule has 0 fully saturated rings. The smallest absolute Gasteiger partial charge is 0.0208 e. The van der Waals surface area contributed by atoms with Gasteiger partial charge in [0.15, 0.2) is 0 Å². The molecule has 0 bridgehead atoms. The minimum absolute atomic E-state index is 0.344. The molecule has 0 aliphatic carbocycles. The molecule has 0 unspecified atom stereocenters. The van der Waals surface area contributed by atoms with Gasteiger partial charge >= 0.3 is 0 Å². The number of halogens is 1. The summed E-state index contributed by atoms with van der Waals surface area (Å²) < 4.78 is 1.24. The van der Waals surface area contributed by atoms with Crippen LogP contribution in [-0.2, 0) is 5.41 Å². The van der Waals surface area contributed by atoms with Gasteiger partial charge in [-0.1, -0.05) is 29.8 Å². The lowest BCUT2D eigenvalue weighted by atomic mass is 9.81. The zero-order valence-electron chi connectivity index (χ0n) is 8.86. The van der Waals surface area contributed by atoms with E-state index in [-0.39, 0.29) is 0 Å². The van der Waals surface area contributed by atoms with Crippen molar-refractivity contribution in [3.8, 4) is 0 Å². The van der Waals surface area contributed by atoms with Crippen LogP contribution in [0.1, 0.15) is 31.4 Å². The third-order valence-corrected chi connectivity index (χ3v) is 4.89. The van der Waals surface area contributed by atoms with E-state index in [0.29, 0.717) is 5.41 Å². The zero-order valence-corrected chi connectivity index (χ0v) is 11.3. The van der Waals surface area contributed by atoms with Crippen molar-refractivity contribution in [3.63, 3.8) is 0 Å². The molecular formula is C12H15BrS. The van der Waals surface area contributed by atoms with Gasteiger partial charge in [-0.2, -0.15) is 0 Å². The van der Waals surface area contributed by atoms with Crippen LogP contribution in [0.2, 0.25) is 0 Å². The highest BCUT2D eigenvalue weighted by Gasteiger charge is 2.28. The van der Waals surface area contributed by atoms with Crippen LogP contribution in [0, 0.1) is 6.92 Å². The van der Waals surface area contributed by atoms with Crippen LogP contribution in [0.3, 0.4) is 0 Å². The quantitative estimate of drug-likeness (QED) is 0.668. The Morgan fingerprint density at radius 1 is 1.36 bits per heavy atom. The van der Waals surface area contributed by atoms with Crippen molar-refractivity contribution in [2.24, 2.45) is 0 Å². The van der Waals surface area contributed by atoms with Gasteiger partial charge in [-0.15, -0.1) is 11.8 Å². The van der Waals surface area contributed by atoms with E-state index in [1.807, 2.05) is 11.8 Å². The van der Waals surface area contributed by atoms with Crippen molar-refractivity contribution in [2.45, 2.75) is 37.5 Å². The first-order valence-electron chi connectivity index (χ1n) is 4.94. The van der Waals surface area contributed by atoms with Crippen LogP contribution in [0.4, 0.5) is 0 Å². The van der Waals surface area contributed by atoms with Crippen LogP contribution < -0.4 is 0 Å². The van der Waals surface area contributed by atoms with Gasteiger partial charge in [-0.25, -0.2) is 0 Å². The monoisotopic (exact) mass is 270 g/mol. The van der Waals surface area contributed by atoms with Gasteiger partial charge in [0.1, 0.15) is 0 Å². The summed E-state index contributed by atoms with van der Waals surface area (Å²) in [6.45, 7) is 6.84. The third kappa shape index (κ3) is 1.74. The Bertz CT molecular complexity index is 369. The van der Waals surface area contributed by atoms with Gasteiger partial charge in [-0.05, 0) is 47.8 Å². The predicted molar refractivity (Wildman–Crippen MR) is 67.2 cm³/mol. The molecule has 0 nitrogen and oxygen atoms in total. The molecule has 1 aromatic rings. The molecule has 76 valence electrons. The topological polar surface area (TPSA) is 0 Å². The van der Waals surface area contributed by atoms with Crippen LogP contribution in [0.25, 0.3) is 0 Å². The van der Waals surface area contributed by atoms with E-state index < -0.39 is 0 Å². The SMILES string of the molecule is Cc1cc2c(cc1Br)C(C)(C)CCS2. The van der Waals surface area contributed by atoms with Crippen molar-refractivity contribution in [2.75, 3.05) is 5.75 Å². The van der Waals surface area contributed by atoms with E-state index in [4.69, 9.17) is 0 Å². The van der Waals surface area contributed by atoms with Crippen LogP contribution >= 0.6 is 27.7 Å². The third-order valence-electron chi connectivity index (χ3n) is 2.97. The zero-order chi connectivity index (χ0) is 10.3. The largest absolute Gasteiger partial charge is 0.126 e. The number of rotatable bonds is 0. The molecule has 1 aromatic carbocycles. The first kappa shape index (κ1) is 10.6. The summed E-state index contributed by atoms with van der Waals surface area (Å²) in [6, 6.07) is 4.61. The van der Waals surface area contributed by atoms with E-state index in [1.165, 1.54) is 32.7 Å². The lowest BCUT2D eigenvalue weighted by molar-refractivity contribution is 0.493. The molecule has 0 saturated carbocycles. The van der Waals surface area contributed by atoms with E-state index in [0.717, 1.165) is 0 Å². The highest BCUT2D eigenvalue weighted by Crippen LogP contribution is 2.43. The van der Waals surface area contributed by atoms with Gasteiger partial charge in [-0.3, -0.25) is 0 Å². The molecule has 1 heterocycles. The molecule has 0 amide bonds. The van der Waals surface area contributed by atoms with E-state index in [9.17, 15) is 0 Å². The molecule has 0 spiro atoms. The van der Waals surface area contributed by atoms with E-state index in [1.54, 1.807) is 0 Å². The molecule has 2 rings (SSSR count). The first-order valence-corrected chi connectivity index (χ1v) is 6.72. The summed E-state index contributed by atoms with van der Waals surface area (Å²) in [5.74, 6) is 1.25. The second-order valence-electron chi connectivity index (χ2n) is 4.58.